The summed E-state index contributed by atoms with van der Waals surface area (Å²) < 4.78 is 0. The zero-order valence-electron chi connectivity index (χ0n) is 11.9. The van der Waals surface area contributed by atoms with Crippen LogP contribution in [0.4, 0.5) is 0 Å². The molecule has 0 radical (unpaired) electrons. The third-order valence-corrected chi connectivity index (χ3v) is 4.27. The topological polar surface area (TPSA) is 37.8 Å². The Labute approximate surface area is 109 Å². The van der Waals surface area contributed by atoms with E-state index in [1.165, 1.54) is 0 Å². The molecule has 0 unspecified atom stereocenters. The van der Waals surface area contributed by atoms with Crippen molar-refractivity contribution in [3.8, 4) is 0 Å². The lowest BCUT2D eigenvalue weighted by atomic mass is 9.91. The molecule has 1 rings (SSSR count). The minimum absolute atomic E-state index is 0.160. The van der Waals surface area contributed by atoms with Gasteiger partial charge in [-0.2, -0.15) is 0 Å². The zero-order valence-corrected chi connectivity index (χ0v) is 12.7. The Morgan fingerprint density at radius 3 is 2.29 bits per heavy atom. The molecule has 1 aromatic heterocycles. The maximum Gasteiger partial charge on any atom is 0.123 e. The standard InChI is InChI=1S/C13H25N3S/c1-7-13(5,6)11-16-15-10(17-11)8-9-14-12(2,3)4/h14H,7-9H2,1-6H3. The molecule has 98 valence electrons. The zero-order chi connectivity index (χ0) is 13.1. The third-order valence-electron chi connectivity index (χ3n) is 2.92. The van der Waals surface area contributed by atoms with Gasteiger partial charge in [0.25, 0.3) is 0 Å². The number of hydrogen-bond donors (Lipinski definition) is 1. The van der Waals surface area contributed by atoms with Crippen LogP contribution in [0.15, 0.2) is 0 Å². The second-order valence-electron chi connectivity index (χ2n) is 6.17. The Morgan fingerprint density at radius 2 is 1.76 bits per heavy atom. The van der Waals surface area contributed by atoms with Gasteiger partial charge in [0, 0.05) is 23.9 Å². The molecule has 1 heterocycles. The SMILES string of the molecule is CCC(C)(C)c1nnc(CCNC(C)(C)C)s1. The summed E-state index contributed by atoms with van der Waals surface area (Å²) in [4.78, 5) is 0. The largest absolute Gasteiger partial charge is 0.312 e. The van der Waals surface area contributed by atoms with Gasteiger partial charge in [-0.05, 0) is 27.2 Å². The molecule has 0 aliphatic carbocycles. The summed E-state index contributed by atoms with van der Waals surface area (Å²) in [6, 6.07) is 0. The van der Waals surface area contributed by atoms with Crippen LogP contribution in [-0.2, 0) is 11.8 Å². The van der Waals surface area contributed by atoms with Crippen molar-refractivity contribution in [2.45, 2.75) is 65.3 Å². The number of nitrogens with zero attached hydrogens (tertiary/aromatic N) is 2. The van der Waals surface area contributed by atoms with Crippen LogP contribution in [0.2, 0.25) is 0 Å². The lowest BCUT2D eigenvalue weighted by Gasteiger charge is -2.19. The Hall–Kier alpha value is -0.480. The summed E-state index contributed by atoms with van der Waals surface area (Å²) in [6.07, 6.45) is 2.07. The van der Waals surface area contributed by atoms with Crippen molar-refractivity contribution in [1.29, 1.82) is 0 Å². The molecule has 1 aromatic rings. The van der Waals surface area contributed by atoms with Gasteiger partial charge in [-0.3, -0.25) is 0 Å². The van der Waals surface area contributed by atoms with Crippen LogP contribution in [0.1, 0.15) is 58.0 Å². The van der Waals surface area contributed by atoms with Crippen LogP contribution in [-0.4, -0.2) is 22.3 Å². The average Bonchev–Trinajstić information content (AvgIpc) is 2.65. The molecule has 0 spiro atoms. The van der Waals surface area contributed by atoms with Crippen LogP contribution in [0.25, 0.3) is 0 Å². The first kappa shape index (κ1) is 14.6. The highest BCUT2D eigenvalue weighted by Crippen LogP contribution is 2.29. The third kappa shape index (κ3) is 4.72. The van der Waals surface area contributed by atoms with Gasteiger partial charge < -0.3 is 5.32 Å². The van der Waals surface area contributed by atoms with Gasteiger partial charge in [-0.25, -0.2) is 0 Å². The molecule has 0 saturated carbocycles. The molecule has 0 atom stereocenters. The van der Waals surface area contributed by atoms with E-state index in [0.29, 0.717) is 0 Å². The molecule has 1 N–H and O–H groups in total. The van der Waals surface area contributed by atoms with Crippen molar-refractivity contribution in [3.05, 3.63) is 10.0 Å². The van der Waals surface area contributed by atoms with E-state index in [-0.39, 0.29) is 11.0 Å². The van der Waals surface area contributed by atoms with Crippen LogP contribution in [0, 0.1) is 0 Å². The van der Waals surface area contributed by atoms with Crippen LogP contribution in [0.5, 0.6) is 0 Å². The fraction of sp³-hybridized carbons (Fsp3) is 0.846. The quantitative estimate of drug-likeness (QED) is 0.878. The number of aromatic nitrogens is 2. The molecule has 3 nitrogen and oxygen atoms in total. The minimum atomic E-state index is 0.160. The molecule has 0 aromatic carbocycles. The van der Waals surface area contributed by atoms with Crippen molar-refractivity contribution < 1.29 is 0 Å². The Morgan fingerprint density at radius 1 is 1.12 bits per heavy atom. The number of nitrogens with one attached hydrogen (secondary N) is 1. The second-order valence-corrected chi connectivity index (χ2v) is 7.23. The highest BCUT2D eigenvalue weighted by Gasteiger charge is 2.23. The van der Waals surface area contributed by atoms with E-state index in [0.717, 1.165) is 29.4 Å². The lowest BCUT2D eigenvalue weighted by molar-refractivity contribution is 0.429. The number of hydrogen-bond acceptors (Lipinski definition) is 4. The van der Waals surface area contributed by atoms with Crippen molar-refractivity contribution >= 4 is 11.3 Å². The van der Waals surface area contributed by atoms with E-state index in [9.17, 15) is 0 Å². The second kappa shape index (κ2) is 5.44. The molecule has 0 bridgehead atoms. The first-order valence-corrected chi connectivity index (χ1v) is 7.14. The van der Waals surface area contributed by atoms with Gasteiger partial charge in [0.2, 0.25) is 0 Å². The van der Waals surface area contributed by atoms with E-state index in [4.69, 9.17) is 0 Å². The highest BCUT2D eigenvalue weighted by atomic mass is 32.1. The Bertz CT molecular complexity index is 350. The fourth-order valence-corrected chi connectivity index (χ4v) is 2.34. The van der Waals surface area contributed by atoms with Gasteiger partial charge in [0.1, 0.15) is 10.0 Å². The molecule has 0 saturated heterocycles. The van der Waals surface area contributed by atoms with Gasteiger partial charge in [0.05, 0.1) is 0 Å². The molecule has 17 heavy (non-hydrogen) atoms. The van der Waals surface area contributed by atoms with Crippen LogP contribution >= 0.6 is 11.3 Å². The average molecular weight is 255 g/mol. The van der Waals surface area contributed by atoms with Crippen molar-refractivity contribution in [3.63, 3.8) is 0 Å². The minimum Gasteiger partial charge on any atom is -0.312 e. The summed E-state index contributed by atoms with van der Waals surface area (Å²) >= 11 is 1.75. The molecule has 0 aliphatic rings. The summed E-state index contributed by atoms with van der Waals surface area (Å²) in [5, 5.41) is 14.4. The van der Waals surface area contributed by atoms with Gasteiger partial charge >= 0.3 is 0 Å². The normalized spacial score (nSPS) is 13.1. The van der Waals surface area contributed by atoms with Crippen molar-refractivity contribution in [1.82, 2.24) is 15.5 Å². The summed E-state index contributed by atoms with van der Waals surface area (Å²) in [6.45, 7) is 14.2. The molecule has 0 fully saturated rings. The van der Waals surface area contributed by atoms with Gasteiger partial charge in [-0.15, -0.1) is 21.5 Å². The van der Waals surface area contributed by atoms with Gasteiger partial charge in [-0.1, -0.05) is 20.8 Å². The van der Waals surface area contributed by atoms with E-state index < -0.39 is 0 Å². The van der Waals surface area contributed by atoms with E-state index in [1.807, 2.05) is 0 Å². The predicted octanol–water partition coefficient (Wildman–Crippen LogP) is 3.16. The summed E-state index contributed by atoms with van der Waals surface area (Å²) in [5.41, 5.74) is 0.337. The van der Waals surface area contributed by atoms with Crippen LogP contribution in [0.3, 0.4) is 0 Å². The molecular formula is C13H25N3S. The molecule has 0 aliphatic heterocycles. The fourth-order valence-electron chi connectivity index (χ4n) is 1.32. The highest BCUT2D eigenvalue weighted by molar-refractivity contribution is 7.11. The monoisotopic (exact) mass is 255 g/mol. The summed E-state index contributed by atoms with van der Waals surface area (Å²) in [7, 11) is 0. The van der Waals surface area contributed by atoms with E-state index in [2.05, 4.69) is 57.1 Å². The summed E-state index contributed by atoms with van der Waals surface area (Å²) in [5.74, 6) is 0. The Kier molecular flexibility index (Phi) is 4.67. The first-order chi connectivity index (χ1) is 7.74. The van der Waals surface area contributed by atoms with Crippen molar-refractivity contribution in [2.24, 2.45) is 0 Å². The molecule has 0 amide bonds. The maximum atomic E-state index is 4.31. The molecule has 4 heteroatoms. The smallest absolute Gasteiger partial charge is 0.123 e. The maximum absolute atomic E-state index is 4.31. The molecular weight excluding hydrogens is 230 g/mol. The van der Waals surface area contributed by atoms with Crippen molar-refractivity contribution in [2.75, 3.05) is 6.54 Å². The lowest BCUT2D eigenvalue weighted by Crippen LogP contribution is -2.37. The van der Waals surface area contributed by atoms with Crippen LogP contribution < -0.4 is 5.32 Å². The van der Waals surface area contributed by atoms with Gasteiger partial charge in [0.15, 0.2) is 0 Å². The van der Waals surface area contributed by atoms with E-state index >= 15 is 0 Å². The number of rotatable bonds is 5. The van der Waals surface area contributed by atoms with E-state index in [1.54, 1.807) is 11.3 Å². The first-order valence-electron chi connectivity index (χ1n) is 6.32. The Balaban J connectivity index is 2.52. The predicted molar refractivity (Wildman–Crippen MR) is 74.7 cm³/mol.